The molecule has 0 radical (unpaired) electrons. The molecule has 0 aromatic carbocycles. The highest BCUT2D eigenvalue weighted by molar-refractivity contribution is 5.39. The summed E-state index contributed by atoms with van der Waals surface area (Å²) in [6.45, 7) is 0. The van der Waals surface area contributed by atoms with Crippen LogP contribution in [-0.2, 0) is 0 Å². The van der Waals surface area contributed by atoms with Crippen molar-refractivity contribution in [1.29, 1.82) is 0 Å². The van der Waals surface area contributed by atoms with E-state index >= 15 is 0 Å². The monoisotopic (exact) mass is 98.1 g/mol. The van der Waals surface area contributed by atoms with Crippen LogP contribution in [0, 0.1) is 0 Å². The lowest BCUT2D eigenvalue weighted by Crippen LogP contribution is -1.81. The van der Waals surface area contributed by atoms with Crippen LogP contribution >= 0.6 is 0 Å². The number of anilines is 2. The van der Waals surface area contributed by atoms with Crippen LogP contribution in [0.1, 0.15) is 0 Å². The van der Waals surface area contributed by atoms with Crippen molar-refractivity contribution in [2.75, 3.05) is 11.5 Å². The molecule has 0 aliphatic rings. The van der Waals surface area contributed by atoms with Gasteiger partial charge in [-0.1, -0.05) is 0 Å². The van der Waals surface area contributed by atoms with Crippen molar-refractivity contribution >= 4 is 11.6 Å². The molecule has 0 unspecified atom stereocenters. The number of nitrogens with one attached hydrogen (secondary N) is 1. The lowest BCUT2D eigenvalue weighted by Gasteiger charge is -1.70. The Balaban J connectivity index is 3.04. The molecular weight excluding hydrogens is 92.1 g/mol. The Morgan fingerprint density at radius 2 is 2.29 bits per heavy atom. The van der Waals surface area contributed by atoms with E-state index < -0.39 is 0 Å². The summed E-state index contributed by atoms with van der Waals surface area (Å²) in [6.07, 6.45) is 0. The predicted octanol–water partition coefficient (Wildman–Crippen LogP) is -0.426. The Morgan fingerprint density at radius 3 is 2.43 bits per heavy atom. The van der Waals surface area contributed by atoms with E-state index in [0.717, 1.165) is 0 Å². The molecule has 0 bridgehead atoms. The van der Waals surface area contributed by atoms with Gasteiger partial charge in [0.25, 0.3) is 0 Å². The molecule has 38 valence electrons. The molecule has 1 heterocycles. The number of nitrogens with zero attached hydrogens (tertiary/aromatic N) is 1. The molecule has 4 heteroatoms. The third-order valence-corrected chi connectivity index (χ3v) is 0.617. The number of aromatic nitrogens is 2. The maximum atomic E-state index is 5.18. The van der Waals surface area contributed by atoms with Crippen molar-refractivity contribution in [3.8, 4) is 0 Å². The highest BCUT2D eigenvalue weighted by atomic mass is 15.2. The number of rotatable bonds is 0. The zero-order chi connectivity index (χ0) is 5.28. The third-order valence-electron chi connectivity index (χ3n) is 0.617. The van der Waals surface area contributed by atoms with Crippen LogP contribution in [0.15, 0.2) is 6.07 Å². The minimum absolute atomic E-state index is 0.428. The van der Waals surface area contributed by atoms with E-state index in [9.17, 15) is 0 Å². The first-order valence-corrected chi connectivity index (χ1v) is 1.85. The smallest absolute Gasteiger partial charge is 0.147 e. The molecule has 0 aliphatic carbocycles. The zero-order valence-corrected chi connectivity index (χ0v) is 3.68. The van der Waals surface area contributed by atoms with E-state index in [1.807, 2.05) is 0 Å². The van der Waals surface area contributed by atoms with E-state index in [-0.39, 0.29) is 0 Å². The van der Waals surface area contributed by atoms with Crippen LogP contribution in [-0.4, -0.2) is 10.2 Å². The normalized spacial score (nSPS) is 9.14. The zero-order valence-electron chi connectivity index (χ0n) is 3.68. The fraction of sp³-hybridized carbons (Fsp3) is 0. The summed E-state index contributed by atoms with van der Waals surface area (Å²) < 4.78 is 0. The summed E-state index contributed by atoms with van der Waals surface area (Å²) in [5.41, 5.74) is 10.3. The minimum Gasteiger partial charge on any atom is -0.384 e. The molecule has 1 aromatic rings. The van der Waals surface area contributed by atoms with E-state index in [1.165, 1.54) is 0 Å². The number of hydrogen-bond donors (Lipinski definition) is 3. The van der Waals surface area contributed by atoms with Gasteiger partial charge in [0.15, 0.2) is 0 Å². The van der Waals surface area contributed by atoms with Gasteiger partial charge in [-0.3, -0.25) is 5.10 Å². The largest absolute Gasteiger partial charge is 0.384 e. The van der Waals surface area contributed by atoms with Crippen molar-refractivity contribution in [2.45, 2.75) is 0 Å². The van der Waals surface area contributed by atoms with Crippen molar-refractivity contribution in [1.82, 2.24) is 10.2 Å². The Labute approximate surface area is 40.5 Å². The third kappa shape index (κ3) is 0.623. The molecule has 0 spiro atoms. The summed E-state index contributed by atoms with van der Waals surface area (Å²) in [5, 5.41) is 6.02. The van der Waals surface area contributed by atoms with Crippen LogP contribution in [0.3, 0.4) is 0 Å². The molecule has 7 heavy (non-hydrogen) atoms. The van der Waals surface area contributed by atoms with Gasteiger partial charge in [-0.2, -0.15) is 5.10 Å². The van der Waals surface area contributed by atoms with Gasteiger partial charge in [0.05, 0.1) is 0 Å². The maximum absolute atomic E-state index is 5.18. The van der Waals surface area contributed by atoms with Crippen molar-refractivity contribution in [2.24, 2.45) is 0 Å². The van der Waals surface area contributed by atoms with Gasteiger partial charge in [-0.05, 0) is 0 Å². The summed E-state index contributed by atoms with van der Waals surface area (Å²) in [6, 6.07) is 1.56. The first-order chi connectivity index (χ1) is 3.29. The molecule has 5 N–H and O–H groups in total. The number of hydrogen-bond acceptors (Lipinski definition) is 3. The highest BCUT2D eigenvalue weighted by Gasteiger charge is 1.85. The molecule has 0 saturated carbocycles. The molecule has 0 atom stereocenters. The minimum atomic E-state index is 0.428. The fourth-order valence-corrected chi connectivity index (χ4v) is 0.353. The Hall–Kier alpha value is -1.19. The fourth-order valence-electron chi connectivity index (χ4n) is 0.353. The molecule has 0 aliphatic heterocycles. The second-order valence-corrected chi connectivity index (χ2v) is 1.25. The number of H-pyrrole nitrogens is 1. The molecule has 0 fully saturated rings. The average molecular weight is 98.1 g/mol. The van der Waals surface area contributed by atoms with Crippen LogP contribution in [0.4, 0.5) is 11.6 Å². The molecular formula is C3H6N4. The molecule has 0 amide bonds. The van der Waals surface area contributed by atoms with E-state index in [0.29, 0.717) is 11.6 Å². The number of aromatic amines is 1. The first kappa shape index (κ1) is 3.98. The van der Waals surface area contributed by atoms with Crippen LogP contribution in [0.2, 0.25) is 0 Å². The Bertz CT molecular complexity index is 139. The molecule has 0 saturated heterocycles. The van der Waals surface area contributed by atoms with Gasteiger partial charge in [0.1, 0.15) is 11.6 Å². The second-order valence-electron chi connectivity index (χ2n) is 1.25. The lowest BCUT2D eigenvalue weighted by molar-refractivity contribution is 1.11. The van der Waals surface area contributed by atoms with Gasteiger partial charge in [-0.25, -0.2) is 0 Å². The van der Waals surface area contributed by atoms with Gasteiger partial charge >= 0.3 is 0 Å². The SMILES string of the molecule is Nc1cc(N)[nH]n1. The van der Waals surface area contributed by atoms with Crippen molar-refractivity contribution in [3.63, 3.8) is 0 Å². The van der Waals surface area contributed by atoms with Crippen molar-refractivity contribution in [3.05, 3.63) is 6.07 Å². The molecule has 1 aromatic heterocycles. The summed E-state index contributed by atoms with van der Waals surface area (Å²) in [4.78, 5) is 0. The number of nitrogen functional groups attached to an aromatic ring is 2. The molecule has 4 nitrogen and oxygen atoms in total. The van der Waals surface area contributed by atoms with Gasteiger partial charge in [-0.15, -0.1) is 0 Å². The summed E-state index contributed by atoms with van der Waals surface area (Å²) in [5.74, 6) is 0.926. The Kier molecular flexibility index (Phi) is 0.651. The lowest BCUT2D eigenvalue weighted by atomic mass is 10.6. The van der Waals surface area contributed by atoms with Gasteiger partial charge < -0.3 is 11.5 Å². The van der Waals surface area contributed by atoms with Gasteiger partial charge in [0.2, 0.25) is 0 Å². The number of nitrogens with two attached hydrogens (primary N) is 2. The molecule has 1 rings (SSSR count). The summed E-state index contributed by atoms with van der Waals surface area (Å²) >= 11 is 0. The van der Waals surface area contributed by atoms with E-state index in [1.54, 1.807) is 6.07 Å². The van der Waals surface area contributed by atoms with Crippen molar-refractivity contribution < 1.29 is 0 Å². The van der Waals surface area contributed by atoms with E-state index in [2.05, 4.69) is 10.2 Å². The quantitative estimate of drug-likeness (QED) is 0.412. The van der Waals surface area contributed by atoms with Gasteiger partial charge in [0, 0.05) is 6.07 Å². The average Bonchev–Trinajstić information content (AvgIpc) is 1.87. The van der Waals surface area contributed by atoms with E-state index in [4.69, 9.17) is 11.5 Å². The highest BCUT2D eigenvalue weighted by Crippen LogP contribution is 1.98. The first-order valence-electron chi connectivity index (χ1n) is 1.85. The van der Waals surface area contributed by atoms with Crippen LogP contribution in [0.25, 0.3) is 0 Å². The predicted molar refractivity (Wildman–Crippen MR) is 27.4 cm³/mol. The summed E-state index contributed by atoms with van der Waals surface area (Å²) in [7, 11) is 0. The maximum Gasteiger partial charge on any atom is 0.147 e. The van der Waals surface area contributed by atoms with Crippen LogP contribution in [0.5, 0.6) is 0 Å². The Morgan fingerprint density at radius 1 is 1.57 bits per heavy atom. The topological polar surface area (TPSA) is 80.7 Å². The second kappa shape index (κ2) is 1.14. The standard InChI is InChI=1S/C3H6N4/c4-2-1-3(5)7-6-2/h1H,(H5,4,5,6,7). The van der Waals surface area contributed by atoms with Crippen LogP contribution < -0.4 is 11.5 Å².